The molecule has 118 valence electrons. The summed E-state index contributed by atoms with van der Waals surface area (Å²) in [5, 5.41) is 2.88. The van der Waals surface area contributed by atoms with Crippen molar-refractivity contribution in [2.75, 3.05) is 19.6 Å². The van der Waals surface area contributed by atoms with Gasteiger partial charge in [0, 0.05) is 19.5 Å². The van der Waals surface area contributed by atoms with Crippen LogP contribution >= 0.6 is 0 Å². The smallest absolute Gasteiger partial charge is 0.326 e. The van der Waals surface area contributed by atoms with Gasteiger partial charge in [-0.15, -0.1) is 0 Å². The Kier molecular flexibility index (Phi) is 4.25. The number of esters is 1. The predicted octanol–water partition coefficient (Wildman–Crippen LogP) is 0.847. The van der Waals surface area contributed by atoms with E-state index < -0.39 is 17.0 Å². The molecule has 1 unspecified atom stereocenters. The van der Waals surface area contributed by atoms with Crippen LogP contribution in [-0.2, 0) is 19.1 Å². The Hall–Kier alpha value is -1.59. The summed E-state index contributed by atoms with van der Waals surface area (Å²) in [6.45, 7) is 6.27. The Bertz CT molecular complexity index is 455. The van der Waals surface area contributed by atoms with E-state index in [-0.39, 0.29) is 24.8 Å². The lowest BCUT2D eigenvalue weighted by molar-refractivity contribution is -0.158. The number of hydrogen-bond acceptors (Lipinski definition) is 4. The van der Waals surface area contributed by atoms with E-state index in [2.05, 4.69) is 5.32 Å². The third-order valence-corrected chi connectivity index (χ3v) is 3.93. The second-order valence-corrected chi connectivity index (χ2v) is 7.01. The summed E-state index contributed by atoms with van der Waals surface area (Å²) in [4.78, 5) is 37.7. The maximum atomic E-state index is 12.2. The molecule has 1 spiro atoms. The van der Waals surface area contributed by atoms with Gasteiger partial charge in [-0.25, -0.2) is 0 Å². The third kappa shape index (κ3) is 3.74. The topological polar surface area (TPSA) is 75.7 Å². The van der Waals surface area contributed by atoms with Gasteiger partial charge in [0.05, 0.1) is 5.41 Å². The van der Waals surface area contributed by atoms with Crippen molar-refractivity contribution < 1.29 is 19.1 Å². The van der Waals surface area contributed by atoms with Crippen LogP contribution in [0.3, 0.4) is 0 Å². The maximum Gasteiger partial charge on any atom is 0.326 e. The van der Waals surface area contributed by atoms with Crippen LogP contribution in [0, 0.1) is 5.41 Å². The highest BCUT2D eigenvalue weighted by molar-refractivity contribution is 5.94. The molecule has 2 aliphatic rings. The fraction of sp³-hybridized carbons (Fsp3) is 0.800. The highest BCUT2D eigenvalue weighted by Gasteiger charge is 2.49. The summed E-state index contributed by atoms with van der Waals surface area (Å²) in [6, 6.07) is 0. The number of amides is 2. The molecule has 0 aromatic heterocycles. The summed E-state index contributed by atoms with van der Waals surface area (Å²) >= 11 is 0. The van der Waals surface area contributed by atoms with Crippen LogP contribution in [0.5, 0.6) is 0 Å². The Morgan fingerprint density at radius 2 is 2.05 bits per heavy atom. The number of nitrogens with one attached hydrogen (secondary N) is 1. The van der Waals surface area contributed by atoms with Crippen LogP contribution in [-0.4, -0.2) is 47.9 Å². The quantitative estimate of drug-likeness (QED) is 0.766. The summed E-state index contributed by atoms with van der Waals surface area (Å²) in [6.07, 6.45) is 2.76. The average molecular weight is 296 g/mol. The molecule has 21 heavy (non-hydrogen) atoms. The standard InChI is InChI=1S/C15H24N2O4/c1-14(2,3)21-12(19)9-17-10-15(8-11(17)18)6-4-5-7-16-13(15)20/h4-10H2,1-3H3,(H,16,20). The fourth-order valence-electron chi connectivity index (χ4n) is 3.00. The molecule has 2 aliphatic heterocycles. The lowest BCUT2D eigenvalue weighted by atomic mass is 9.82. The predicted molar refractivity (Wildman–Crippen MR) is 76.3 cm³/mol. The first-order chi connectivity index (χ1) is 9.72. The minimum atomic E-state index is -0.657. The molecule has 6 nitrogen and oxygen atoms in total. The minimum absolute atomic E-state index is 0.0555. The van der Waals surface area contributed by atoms with Gasteiger partial charge in [0.1, 0.15) is 12.1 Å². The van der Waals surface area contributed by atoms with Gasteiger partial charge >= 0.3 is 5.97 Å². The highest BCUT2D eigenvalue weighted by Crippen LogP contribution is 2.37. The molecule has 0 aromatic carbocycles. The number of nitrogens with zero attached hydrogens (tertiary/aromatic N) is 1. The zero-order valence-electron chi connectivity index (χ0n) is 13.0. The van der Waals surface area contributed by atoms with Crippen molar-refractivity contribution in [2.45, 2.75) is 52.1 Å². The van der Waals surface area contributed by atoms with E-state index in [0.717, 1.165) is 12.8 Å². The summed E-state index contributed by atoms with van der Waals surface area (Å²) < 4.78 is 5.24. The lowest BCUT2D eigenvalue weighted by Gasteiger charge is -2.26. The SMILES string of the molecule is CC(C)(C)OC(=O)CN1CC2(CCCCNC2=O)CC1=O. The second kappa shape index (κ2) is 5.66. The number of likely N-dealkylation sites (tertiary alicyclic amines) is 1. The molecule has 1 N–H and O–H groups in total. The Labute approximate surface area is 125 Å². The first-order valence-corrected chi connectivity index (χ1v) is 7.50. The normalized spacial score (nSPS) is 26.7. The zero-order chi connectivity index (χ0) is 15.7. The average Bonchev–Trinajstić information content (AvgIpc) is 2.52. The molecular weight excluding hydrogens is 272 g/mol. The molecule has 0 aromatic rings. The van der Waals surface area contributed by atoms with Crippen molar-refractivity contribution in [1.82, 2.24) is 10.2 Å². The fourth-order valence-corrected chi connectivity index (χ4v) is 3.00. The van der Waals surface area contributed by atoms with Gasteiger partial charge in [0.15, 0.2) is 0 Å². The van der Waals surface area contributed by atoms with Crippen molar-refractivity contribution in [1.29, 1.82) is 0 Å². The molecule has 6 heteroatoms. The Morgan fingerprint density at radius 1 is 1.33 bits per heavy atom. The van der Waals surface area contributed by atoms with E-state index >= 15 is 0 Å². The maximum absolute atomic E-state index is 12.2. The first kappa shape index (κ1) is 15.8. The van der Waals surface area contributed by atoms with Crippen molar-refractivity contribution in [2.24, 2.45) is 5.41 Å². The number of hydrogen-bond donors (Lipinski definition) is 1. The molecule has 1 atom stereocenters. The van der Waals surface area contributed by atoms with Gasteiger partial charge in [-0.05, 0) is 33.6 Å². The number of rotatable bonds is 2. The van der Waals surface area contributed by atoms with Crippen LogP contribution in [0.15, 0.2) is 0 Å². The van der Waals surface area contributed by atoms with Crippen LogP contribution in [0.2, 0.25) is 0 Å². The van der Waals surface area contributed by atoms with Crippen molar-refractivity contribution in [3.05, 3.63) is 0 Å². The van der Waals surface area contributed by atoms with Crippen LogP contribution in [0.25, 0.3) is 0 Å². The van der Waals surface area contributed by atoms with Crippen LogP contribution in [0.4, 0.5) is 0 Å². The number of carbonyl (C=O) groups is 3. The molecule has 0 saturated carbocycles. The van der Waals surface area contributed by atoms with Gasteiger partial charge in [-0.3, -0.25) is 14.4 Å². The monoisotopic (exact) mass is 296 g/mol. The van der Waals surface area contributed by atoms with E-state index in [4.69, 9.17) is 4.74 Å². The molecular formula is C15H24N2O4. The molecule has 2 heterocycles. The van der Waals surface area contributed by atoms with Crippen molar-refractivity contribution in [3.63, 3.8) is 0 Å². The molecule has 0 radical (unpaired) electrons. The van der Waals surface area contributed by atoms with Gasteiger partial charge in [-0.1, -0.05) is 6.42 Å². The summed E-state index contributed by atoms with van der Waals surface area (Å²) in [5.74, 6) is -0.625. The largest absolute Gasteiger partial charge is 0.459 e. The highest BCUT2D eigenvalue weighted by atomic mass is 16.6. The molecule has 2 rings (SSSR count). The van der Waals surface area contributed by atoms with Gasteiger partial charge < -0.3 is 15.0 Å². The van der Waals surface area contributed by atoms with E-state index in [1.165, 1.54) is 4.90 Å². The minimum Gasteiger partial charge on any atom is -0.459 e. The lowest BCUT2D eigenvalue weighted by Crippen LogP contribution is -2.42. The molecule has 0 bridgehead atoms. The molecule has 0 aliphatic carbocycles. The molecule has 2 saturated heterocycles. The van der Waals surface area contributed by atoms with Crippen LogP contribution in [0.1, 0.15) is 46.5 Å². The van der Waals surface area contributed by atoms with E-state index in [9.17, 15) is 14.4 Å². The third-order valence-electron chi connectivity index (χ3n) is 3.93. The Balaban J connectivity index is 2.02. The first-order valence-electron chi connectivity index (χ1n) is 7.50. The van der Waals surface area contributed by atoms with Crippen molar-refractivity contribution in [3.8, 4) is 0 Å². The summed E-state index contributed by atoms with van der Waals surface area (Å²) in [5.41, 5.74) is -1.23. The van der Waals surface area contributed by atoms with E-state index in [1.54, 1.807) is 20.8 Å². The molecule has 2 amide bonds. The Morgan fingerprint density at radius 3 is 2.71 bits per heavy atom. The van der Waals surface area contributed by atoms with Gasteiger partial charge in [0.2, 0.25) is 11.8 Å². The van der Waals surface area contributed by atoms with E-state index in [1.807, 2.05) is 0 Å². The van der Waals surface area contributed by atoms with Gasteiger partial charge in [0.25, 0.3) is 0 Å². The number of ether oxygens (including phenoxy) is 1. The van der Waals surface area contributed by atoms with E-state index in [0.29, 0.717) is 19.5 Å². The second-order valence-electron chi connectivity index (χ2n) is 7.01. The van der Waals surface area contributed by atoms with Crippen LogP contribution < -0.4 is 5.32 Å². The zero-order valence-corrected chi connectivity index (χ0v) is 13.0. The molecule has 2 fully saturated rings. The van der Waals surface area contributed by atoms with Crippen molar-refractivity contribution >= 4 is 17.8 Å². The van der Waals surface area contributed by atoms with Gasteiger partial charge in [-0.2, -0.15) is 0 Å². The summed E-state index contributed by atoms with van der Waals surface area (Å²) in [7, 11) is 0. The number of carbonyl (C=O) groups excluding carboxylic acids is 3.